The average molecular weight is 390 g/mol. The monoisotopic (exact) mass is 390 g/mol. The SMILES string of the molecule is Cc1cccc(C(=O)N(C2CC2)C2CC(=O)N(c3ccc(C(C)C)cc3)C2=O)c1. The molecule has 3 amide bonds. The van der Waals surface area contributed by atoms with E-state index < -0.39 is 6.04 Å². The van der Waals surface area contributed by atoms with Gasteiger partial charge in [-0.25, -0.2) is 4.90 Å². The van der Waals surface area contributed by atoms with Gasteiger partial charge in [0.05, 0.1) is 12.1 Å². The van der Waals surface area contributed by atoms with Crippen molar-refractivity contribution in [2.45, 2.75) is 58.0 Å². The summed E-state index contributed by atoms with van der Waals surface area (Å²) in [6, 6.07) is 14.2. The Balaban J connectivity index is 1.61. The minimum atomic E-state index is -0.729. The van der Waals surface area contributed by atoms with Crippen LogP contribution >= 0.6 is 0 Å². The molecule has 1 saturated carbocycles. The summed E-state index contributed by atoms with van der Waals surface area (Å²) in [7, 11) is 0. The highest BCUT2D eigenvalue weighted by atomic mass is 16.2. The summed E-state index contributed by atoms with van der Waals surface area (Å²) in [6.45, 7) is 6.13. The van der Waals surface area contributed by atoms with Crippen molar-refractivity contribution in [3.63, 3.8) is 0 Å². The molecule has 150 valence electrons. The largest absolute Gasteiger partial charge is 0.323 e. The van der Waals surface area contributed by atoms with E-state index in [1.807, 2.05) is 49.4 Å². The van der Waals surface area contributed by atoms with Crippen LogP contribution in [0.5, 0.6) is 0 Å². The molecule has 1 aliphatic heterocycles. The van der Waals surface area contributed by atoms with E-state index in [0.717, 1.165) is 24.0 Å². The van der Waals surface area contributed by atoms with E-state index in [2.05, 4.69) is 13.8 Å². The maximum atomic E-state index is 13.2. The molecule has 1 saturated heterocycles. The van der Waals surface area contributed by atoms with E-state index in [9.17, 15) is 14.4 Å². The molecular weight excluding hydrogens is 364 g/mol. The predicted octanol–water partition coefficient (Wildman–Crippen LogP) is 4.06. The molecule has 1 atom stereocenters. The second kappa shape index (κ2) is 7.47. The summed E-state index contributed by atoms with van der Waals surface area (Å²) in [5, 5.41) is 0. The first kappa shape index (κ1) is 19.4. The number of benzene rings is 2. The normalized spacial score (nSPS) is 19.2. The van der Waals surface area contributed by atoms with E-state index >= 15 is 0 Å². The molecule has 1 aliphatic carbocycles. The van der Waals surface area contributed by atoms with Gasteiger partial charge in [0.1, 0.15) is 6.04 Å². The van der Waals surface area contributed by atoms with E-state index in [1.165, 1.54) is 4.90 Å². The molecule has 0 aromatic heterocycles. The van der Waals surface area contributed by atoms with Crippen LogP contribution in [0.15, 0.2) is 48.5 Å². The van der Waals surface area contributed by atoms with Gasteiger partial charge in [-0.05, 0) is 55.5 Å². The van der Waals surface area contributed by atoms with E-state index in [-0.39, 0.29) is 30.2 Å². The van der Waals surface area contributed by atoms with Gasteiger partial charge < -0.3 is 4.90 Å². The quantitative estimate of drug-likeness (QED) is 0.724. The predicted molar refractivity (Wildman–Crippen MR) is 112 cm³/mol. The highest BCUT2D eigenvalue weighted by Crippen LogP contribution is 2.35. The van der Waals surface area contributed by atoms with Crippen molar-refractivity contribution in [2.75, 3.05) is 4.90 Å². The highest BCUT2D eigenvalue weighted by molar-refractivity contribution is 6.23. The van der Waals surface area contributed by atoms with E-state index in [4.69, 9.17) is 0 Å². The van der Waals surface area contributed by atoms with Gasteiger partial charge in [0.15, 0.2) is 0 Å². The Labute approximate surface area is 171 Å². The summed E-state index contributed by atoms with van der Waals surface area (Å²) in [5.74, 6) is -0.348. The first-order valence-corrected chi connectivity index (χ1v) is 10.2. The summed E-state index contributed by atoms with van der Waals surface area (Å²) in [6.07, 6.45) is 1.79. The van der Waals surface area contributed by atoms with Gasteiger partial charge in [0, 0.05) is 11.6 Å². The lowest BCUT2D eigenvalue weighted by atomic mass is 10.0. The number of amides is 3. The molecule has 2 aromatic rings. The molecule has 2 aromatic carbocycles. The fourth-order valence-corrected chi connectivity index (χ4v) is 3.95. The summed E-state index contributed by atoms with van der Waals surface area (Å²) < 4.78 is 0. The third-order valence-electron chi connectivity index (χ3n) is 5.72. The van der Waals surface area contributed by atoms with Crippen LogP contribution < -0.4 is 4.90 Å². The Morgan fingerprint density at radius 3 is 2.34 bits per heavy atom. The third-order valence-corrected chi connectivity index (χ3v) is 5.72. The maximum absolute atomic E-state index is 13.2. The molecule has 1 unspecified atom stereocenters. The Bertz CT molecular complexity index is 960. The maximum Gasteiger partial charge on any atom is 0.257 e. The molecule has 5 heteroatoms. The highest BCUT2D eigenvalue weighted by Gasteiger charge is 2.48. The minimum Gasteiger partial charge on any atom is -0.323 e. The molecule has 29 heavy (non-hydrogen) atoms. The lowest BCUT2D eigenvalue weighted by Gasteiger charge is -2.28. The Kier molecular flexibility index (Phi) is 4.99. The number of hydrogen-bond acceptors (Lipinski definition) is 3. The van der Waals surface area contributed by atoms with Crippen molar-refractivity contribution >= 4 is 23.4 Å². The summed E-state index contributed by atoms with van der Waals surface area (Å²) in [4.78, 5) is 42.1. The van der Waals surface area contributed by atoms with Crippen molar-refractivity contribution in [2.24, 2.45) is 0 Å². The first-order chi connectivity index (χ1) is 13.9. The van der Waals surface area contributed by atoms with Crippen LogP contribution in [0.3, 0.4) is 0 Å². The second-order valence-electron chi connectivity index (χ2n) is 8.35. The molecule has 2 aliphatic rings. The van der Waals surface area contributed by atoms with Crippen molar-refractivity contribution in [1.82, 2.24) is 4.90 Å². The standard InChI is InChI=1S/C24H26N2O3/c1-15(2)17-7-9-20(10-8-17)26-22(27)14-21(24(26)29)25(19-11-12-19)23(28)18-6-4-5-16(3)13-18/h4-10,13,15,19,21H,11-12,14H2,1-3H3. The van der Waals surface area contributed by atoms with E-state index in [0.29, 0.717) is 17.2 Å². The lowest BCUT2D eigenvalue weighted by Crippen LogP contribution is -2.46. The Hall–Kier alpha value is -2.95. The minimum absolute atomic E-state index is 0.0352. The number of carbonyl (C=O) groups is 3. The molecule has 0 N–H and O–H groups in total. The van der Waals surface area contributed by atoms with Gasteiger partial charge in [0.25, 0.3) is 11.8 Å². The van der Waals surface area contributed by atoms with Crippen LogP contribution in [0.4, 0.5) is 5.69 Å². The number of carbonyl (C=O) groups excluding carboxylic acids is 3. The third kappa shape index (κ3) is 3.69. The van der Waals surface area contributed by atoms with Gasteiger partial charge in [-0.3, -0.25) is 14.4 Å². The fraction of sp³-hybridized carbons (Fsp3) is 0.375. The Morgan fingerprint density at radius 1 is 1.07 bits per heavy atom. The molecule has 0 spiro atoms. The number of hydrogen-bond donors (Lipinski definition) is 0. The zero-order chi connectivity index (χ0) is 20.7. The topological polar surface area (TPSA) is 57.7 Å². The molecule has 0 radical (unpaired) electrons. The number of rotatable bonds is 5. The lowest BCUT2D eigenvalue weighted by molar-refractivity contribution is -0.122. The van der Waals surface area contributed by atoms with Crippen molar-refractivity contribution in [3.8, 4) is 0 Å². The smallest absolute Gasteiger partial charge is 0.257 e. The molecular formula is C24H26N2O3. The summed E-state index contributed by atoms with van der Waals surface area (Å²) >= 11 is 0. The molecule has 4 rings (SSSR count). The van der Waals surface area contributed by atoms with Crippen LogP contribution in [0.1, 0.15) is 60.5 Å². The van der Waals surface area contributed by atoms with Gasteiger partial charge in [-0.1, -0.05) is 43.7 Å². The van der Waals surface area contributed by atoms with Gasteiger partial charge in [0.2, 0.25) is 5.91 Å². The van der Waals surface area contributed by atoms with Crippen LogP contribution in [0.2, 0.25) is 0 Å². The van der Waals surface area contributed by atoms with Crippen molar-refractivity contribution < 1.29 is 14.4 Å². The number of aryl methyl sites for hydroxylation is 1. The van der Waals surface area contributed by atoms with E-state index in [1.54, 1.807) is 11.0 Å². The fourth-order valence-electron chi connectivity index (χ4n) is 3.95. The molecule has 1 heterocycles. The number of anilines is 1. The van der Waals surface area contributed by atoms with Crippen LogP contribution in [0.25, 0.3) is 0 Å². The van der Waals surface area contributed by atoms with Crippen molar-refractivity contribution in [1.29, 1.82) is 0 Å². The van der Waals surface area contributed by atoms with Crippen LogP contribution in [0, 0.1) is 6.92 Å². The van der Waals surface area contributed by atoms with Crippen LogP contribution in [-0.4, -0.2) is 34.7 Å². The molecule has 0 bridgehead atoms. The van der Waals surface area contributed by atoms with Gasteiger partial charge in [-0.15, -0.1) is 0 Å². The average Bonchev–Trinajstić information content (AvgIpc) is 3.48. The zero-order valence-corrected chi connectivity index (χ0v) is 17.1. The van der Waals surface area contributed by atoms with Crippen LogP contribution in [-0.2, 0) is 9.59 Å². The second-order valence-corrected chi connectivity index (χ2v) is 8.35. The number of imide groups is 1. The van der Waals surface area contributed by atoms with Crippen molar-refractivity contribution in [3.05, 3.63) is 65.2 Å². The number of nitrogens with zero attached hydrogens (tertiary/aromatic N) is 2. The molecule has 2 fully saturated rings. The molecule has 5 nitrogen and oxygen atoms in total. The van der Waals surface area contributed by atoms with Gasteiger partial charge >= 0.3 is 0 Å². The first-order valence-electron chi connectivity index (χ1n) is 10.2. The summed E-state index contributed by atoms with van der Waals surface area (Å²) in [5.41, 5.74) is 3.29. The Morgan fingerprint density at radius 2 is 1.76 bits per heavy atom. The zero-order valence-electron chi connectivity index (χ0n) is 17.1. The van der Waals surface area contributed by atoms with Gasteiger partial charge in [-0.2, -0.15) is 0 Å².